The maximum Gasteiger partial charge on any atom is 0.0203 e. The monoisotopic (exact) mass is 194 g/mol. The lowest BCUT2D eigenvalue weighted by Crippen LogP contribution is -2.31. The van der Waals surface area contributed by atoms with E-state index in [1.54, 1.807) is 0 Å². The summed E-state index contributed by atoms with van der Waals surface area (Å²) in [4.78, 5) is 0. The number of benzene rings is 1. The molecule has 0 amide bonds. The number of nitrogens with two attached hydrogens (primary N) is 2. The summed E-state index contributed by atoms with van der Waals surface area (Å²) in [5.74, 6) is 0. The minimum Gasteiger partial charge on any atom is -0.329 e. The summed E-state index contributed by atoms with van der Waals surface area (Å²) in [7, 11) is 0. The maximum atomic E-state index is 5.72. The van der Waals surface area contributed by atoms with E-state index in [0.29, 0.717) is 6.54 Å². The minimum absolute atomic E-state index is 0.0905. The van der Waals surface area contributed by atoms with Gasteiger partial charge in [-0.15, -0.1) is 0 Å². The summed E-state index contributed by atoms with van der Waals surface area (Å²) in [5, 5.41) is 0. The molecule has 0 fully saturated rings. The third-order valence-electron chi connectivity index (χ3n) is 1.92. The van der Waals surface area contributed by atoms with Gasteiger partial charge in [0.25, 0.3) is 0 Å². The highest BCUT2D eigenvalue weighted by Crippen LogP contribution is 2.04. The van der Waals surface area contributed by atoms with E-state index in [1.807, 2.05) is 13.8 Å². The van der Waals surface area contributed by atoms with Crippen LogP contribution in [0, 0.1) is 6.92 Å². The van der Waals surface area contributed by atoms with Crippen molar-refractivity contribution in [3.05, 3.63) is 35.4 Å². The summed E-state index contributed by atoms with van der Waals surface area (Å²) < 4.78 is 0. The van der Waals surface area contributed by atoms with Gasteiger partial charge in [-0.05, 0) is 18.9 Å². The molecule has 0 aliphatic rings. The van der Waals surface area contributed by atoms with Gasteiger partial charge in [-0.3, -0.25) is 0 Å². The van der Waals surface area contributed by atoms with Gasteiger partial charge in [0, 0.05) is 12.6 Å². The Morgan fingerprint density at radius 3 is 2.07 bits per heavy atom. The van der Waals surface area contributed by atoms with E-state index < -0.39 is 0 Å². The first-order valence-electron chi connectivity index (χ1n) is 5.23. The molecular weight excluding hydrogens is 172 g/mol. The predicted molar refractivity (Wildman–Crippen MR) is 63.3 cm³/mol. The summed E-state index contributed by atoms with van der Waals surface area (Å²) >= 11 is 0. The molecule has 1 rings (SSSR count). The largest absolute Gasteiger partial charge is 0.329 e. The van der Waals surface area contributed by atoms with Crippen LogP contribution in [0.5, 0.6) is 0 Å². The number of rotatable bonds is 3. The molecule has 0 saturated carbocycles. The third-order valence-corrected chi connectivity index (χ3v) is 1.92. The van der Waals surface area contributed by atoms with Gasteiger partial charge in [0.2, 0.25) is 0 Å². The molecule has 0 aliphatic heterocycles. The van der Waals surface area contributed by atoms with Crippen LogP contribution in [0.15, 0.2) is 24.3 Å². The van der Waals surface area contributed by atoms with Gasteiger partial charge in [0.1, 0.15) is 0 Å². The van der Waals surface area contributed by atoms with E-state index in [2.05, 4.69) is 31.2 Å². The second-order valence-electron chi connectivity index (χ2n) is 3.19. The second-order valence-corrected chi connectivity index (χ2v) is 3.19. The fourth-order valence-electron chi connectivity index (χ4n) is 1.11. The van der Waals surface area contributed by atoms with Crippen LogP contribution >= 0.6 is 0 Å². The van der Waals surface area contributed by atoms with Crippen LogP contribution < -0.4 is 11.5 Å². The van der Waals surface area contributed by atoms with Crippen LogP contribution in [0.25, 0.3) is 0 Å². The lowest BCUT2D eigenvalue weighted by atomic mass is 10.1. The molecule has 1 aromatic carbocycles. The van der Waals surface area contributed by atoms with Gasteiger partial charge < -0.3 is 11.5 Å². The van der Waals surface area contributed by atoms with Crippen molar-refractivity contribution in [2.24, 2.45) is 11.5 Å². The summed E-state index contributed by atoms with van der Waals surface area (Å²) in [6.45, 7) is 6.63. The Morgan fingerprint density at radius 2 is 1.64 bits per heavy atom. The van der Waals surface area contributed by atoms with Crippen LogP contribution in [0.2, 0.25) is 0 Å². The molecule has 14 heavy (non-hydrogen) atoms. The average Bonchev–Trinajstić information content (AvgIpc) is 2.24. The average molecular weight is 194 g/mol. The molecule has 0 aromatic heterocycles. The molecule has 1 aromatic rings. The SMILES string of the molecule is CC.Cc1ccc(CC(N)CN)cc1. The minimum atomic E-state index is 0.0905. The summed E-state index contributed by atoms with van der Waals surface area (Å²) in [6.07, 6.45) is 0.872. The zero-order valence-electron chi connectivity index (χ0n) is 9.46. The van der Waals surface area contributed by atoms with Crippen molar-refractivity contribution in [1.82, 2.24) is 0 Å². The quantitative estimate of drug-likeness (QED) is 0.771. The van der Waals surface area contributed by atoms with Gasteiger partial charge in [-0.25, -0.2) is 0 Å². The Balaban J connectivity index is 0.000000791. The van der Waals surface area contributed by atoms with Crippen molar-refractivity contribution in [2.45, 2.75) is 33.2 Å². The van der Waals surface area contributed by atoms with Crippen molar-refractivity contribution in [2.75, 3.05) is 6.54 Å². The van der Waals surface area contributed by atoms with E-state index in [-0.39, 0.29) is 6.04 Å². The molecular formula is C12H22N2. The van der Waals surface area contributed by atoms with E-state index >= 15 is 0 Å². The van der Waals surface area contributed by atoms with Crippen molar-refractivity contribution in [3.63, 3.8) is 0 Å². The van der Waals surface area contributed by atoms with Gasteiger partial charge in [0.05, 0.1) is 0 Å². The normalized spacial score (nSPS) is 11.5. The molecule has 0 aliphatic carbocycles. The molecule has 0 saturated heterocycles. The van der Waals surface area contributed by atoms with Crippen LogP contribution in [-0.4, -0.2) is 12.6 Å². The summed E-state index contributed by atoms with van der Waals surface area (Å²) in [6, 6.07) is 8.49. The standard InChI is InChI=1S/C10H16N2.C2H6/c1-8-2-4-9(5-3-8)6-10(12)7-11;1-2/h2-5,10H,6-7,11-12H2,1H3;1-2H3. The highest BCUT2D eigenvalue weighted by atomic mass is 14.7. The molecule has 2 heteroatoms. The fourth-order valence-corrected chi connectivity index (χ4v) is 1.11. The maximum absolute atomic E-state index is 5.72. The Labute approximate surface area is 87.3 Å². The van der Waals surface area contributed by atoms with E-state index in [9.17, 15) is 0 Å². The first-order chi connectivity index (χ1) is 6.72. The van der Waals surface area contributed by atoms with Crippen molar-refractivity contribution in [1.29, 1.82) is 0 Å². The smallest absolute Gasteiger partial charge is 0.0203 e. The van der Waals surface area contributed by atoms with E-state index in [0.717, 1.165) is 6.42 Å². The highest BCUT2D eigenvalue weighted by molar-refractivity contribution is 5.21. The molecule has 0 radical (unpaired) electrons. The first-order valence-corrected chi connectivity index (χ1v) is 5.23. The molecule has 4 N–H and O–H groups in total. The van der Waals surface area contributed by atoms with Crippen LogP contribution in [0.1, 0.15) is 25.0 Å². The highest BCUT2D eigenvalue weighted by Gasteiger charge is 2.00. The Hall–Kier alpha value is -0.860. The van der Waals surface area contributed by atoms with Crippen molar-refractivity contribution >= 4 is 0 Å². The number of hydrogen-bond acceptors (Lipinski definition) is 2. The van der Waals surface area contributed by atoms with Crippen molar-refractivity contribution < 1.29 is 0 Å². The first kappa shape index (κ1) is 13.1. The molecule has 0 spiro atoms. The van der Waals surface area contributed by atoms with E-state index in [1.165, 1.54) is 11.1 Å². The van der Waals surface area contributed by atoms with Gasteiger partial charge >= 0.3 is 0 Å². The van der Waals surface area contributed by atoms with Crippen LogP contribution in [-0.2, 0) is 6.42 Å². The van der Waals surface area contributed by atoms with Crippen LogP contribution in [0.4, 0.5) is 0 Å². The molecule has 1 atom stereocenters. The molecule has 80 valence electrons. The second kappa shape index (κ2) is 7.54. The molecule has 0 bridgehead atoms. The predicted octanol–water partition coefficient (Wildman–Crippen LogP) is 1.85. The lowest BCUT2D eigenvalue weighted by Gasteiger charge is -2.08. The lowest BCUT2D eigenvalue weighted by molar-refractivity contribution is 0.678. The Bertz CT molecular complexity index is 229. The molecule has 1 unspecified atom stereocenters. The zero-order chi connectivity index (χ0) is 11.0. The van der Waals surface area contributed by atoms with Gasteiger partial charge in [-0.2, -0.15) is 0 Å². The van der Waals surface area contributed by atoms with Crippen LogP contribution in [0.3, 0.4) is 0 Å². The fraction of sp³-hybridized carbons (Fsp3) is 0.500. The molecule has 2 nitrogen and oxygen atoms in total. The van der Waals surface area contributed by atoms with Gasteiger partial charge in [-0.1, -0.05) is 43.7 Å². The van der Waals surface area contributed by atoms with E-state index in [4.69, 9.17) is 11.5 Å². The third kappa shape index (κ3) is 5.00. The summed E-state index contributed by atoms with van der Waals surface area (Å²) in [5.41, 5.74) is 13.7. The van der Waals surface area contributed by atoms with Gasteiger partial charge in [0.15, 0.2) is 0 Å². The topological polar surface area (TPSA) is 52.0 Å². The molecule has 0 heterocycles. The Morgan fingerprint density at radius 1 is 1.14 bits per heavy atom. The number of hydrogen-bond donors (Lipinski definition) is 2. The number of aryl methyl sites for hydroxylation is 1. The van der Waals surface area contributed by atoms with Crippen molar-refractivity contribution in [3.8, 4) is 0 Å². The zero-order valence-corrected chi connectivity index (χ0v) is 9.46. The Kier molecular flexibility index (Phi) is 7.07.